The van der Waals surface area contributed by atoms with E-state index in [1.165, 1.54) is 0 Å². The Morgan fingerprint density at radius 2 is 2.45 bits per heavy atom. The van der Waals surface area contributed by atoms with Crippen molar-refractivity contribution in [2.45, 2.75) is 13.0 Å². The van der Waals surface area contributed by atoms with Crippen molar-refractivity contribution in [3.8, 4) is 0 Å². The quantitative estimate of drug-likeness (QED) is 0.617. The number of rotatable bonds is 2. The molecule has 0 radical (unpaired) electrons. The smallest absolute Gasteiger partial charge is 0.0701 e. The lowest BCUT2D eigenvalue weighted by atomic mass is 10.2. The van der Waals surface area contributed by atoms with Crippen LogP contribution < -0.4 is 5.73 Å². The Morgan fingerprint density at radius 3 is 2.82 bits per heavy atom. The molecule has 1 rings (SSSR count). The maximum Gasteiger partial charge on any atom is 0.0701 e. The summed E-state index contributed by atoms with van der Waals surface area (Å²) in [6, 6.07) is 1.56. The van der Waals surface area contributed by atoms with Crippen LogP contribution in [0.3, 0.4) is 0 Å². The molecule has 0 saturated heterocycles. The van der Waals surface area contributed by atoms with Gasteiger partial charge in [-0.05, 0) is 13.0 Å². The summed E-state index contributed by atoms with van der Waals surface area (Å²) in [6.07, 6.45) is 0. The van der Waals surface area contributed by atoms with Crippen LogP contribution in [-0.4, -0.2) is 21.5 Å². The monoisotopic (exact) mass is 155 g/mol. The second-order valence-corrected chi connectivity index (χ2v) is 2.62. The zero-order valence-corrected chi connectivity index (χ0v) is 6.78. The van der Waals surface area contributed by atoms with E-state index in [1.54, 1.807) is 4.68 Å². The van der Waals surface area contributed by atoms with Crippen molar-refractivity contribution in [2.24, 2.45) is 12.8 Å². The van der Waals surface area contributed by atoms with E-state index in [-0.39, 0.29) is 12.6 Å². The summed E-state index contributed by atoms with van der Waals surface area (Å²) in [7, 11) is 1.82. The fourth-order valence-electron chi connectivity index (χ4n) is 1.07. The van der Waals surface area contributed by atoms with Crippen LogP contribution in [0.15, 0.2) is 6.07 Å². The third-order valence-electron chi connectivity index (χ3n) is 1.61. The highest BCUT2D eigenvalue weighted by atomic mass is 16.3. The van der Waals surface area contributed by atoms with Crippen molar-refractivity contribution in [3.63, 3.8) is 0 Å². The molecule has 0 aliphatic heterocycles. The highest BCUT2D eigenvalue weighted by molar-refractivity contribution is 5.12. The third-order valence-corrected chi connectivity index (χ3v) is 1.61. The Balaban J connectivity index is 2.93. The number of aromatic nitrogens is 2. The summed E-state index contributed by atoms with van der Waals surface area (Å²) in [5.41, 5.74) is 7.39. The lowest BCUT2D eigenvalue weighted by molar-refractivity contribution is 0.263. The van der Waals surface area contributed by atoms with Gasteiger partial charge in [-0.25, -0.2) is 0 Å². The largest absolute Gasteiger partial charge is 0.394 e. The van der Waals surface area contributed by atoms with Gasteiger partial charge in [0.25, 0.3) is 0 Å². The summed E-state index contributed by atoms with van der Waals surface area (Å²) in [5, 5.41) is 12.9. The van der Waals surface area contributed by atoms with Gasteiger partial charge in [-0.3, -0.25) is 4.68 Å². The topological polar surface area (TPSA) is 64.1 Å². The zero-order chi connectivity index (χ0) is 8.43. The molecular weight excluding hydrogens is 142 g/mol. The third kappa shape index (κ3) is 1.58. The molecule has 3 N–H and O–H groups in total. The molecule has 0 saturated carbocycles. The summed E-state index contributed by atoms with van der Waals surface area (Å²) in [5.74, 6) is 0. The van der Waals surface area contributed by atoms with Crippen LogP contribution >= 0.6 is 0 Å². The van der Waals surface area contributed by atoms with Crippen LogP contribution in [0.2, 0.25) is 0 Å². The second-order valence-electron chi connectivity index (χ2n) is 2.62. The Morgan fingerprint density at radius 1 is 1.82 bits per heavy atom. The number of aryl methyl sites for hydroxylation is 2. The van der Waals surface area contributed by atoms with E-state index in [1.807, 2.05) is 20.0 Å². The molecule has 62 valence electrons. The standard InChI is InChI=1S/C7H13N3O/c1-5-3-7(6(8)4-11)10(2)9-5/h3,6,11H,4,8H2,1-2H3/t6-/m1/s1. The van der Waals surface area contributed by atoms with E-state index >= 15 is 0 Å². The van der Waals surface area contributed by atoms with Gasteiger partial charge >= 0.3 is 0 Å². The van der Waals surface area contributed by atoms with Gasteiger partial charge in [-0.1, -0.05) is 0 Å². The second kappa shape index (κ2) is 3.02. The van der Waals surface area contributed by atoms with E-state index in [9.17, 15) is 0 Å². The molecule has 0 amide bonds. The normalized spacial score (nSPS) is 13.5. The first-order valence-electron chi connectivity index (χ1n) is 3.52. The first-order chi connectivity index (χ1) is 5.15. The minimum atomic E-state index is -0.318. The van der Waals surface area contributed by atoms with Crippen molar-refractivity contribution in [1.82, 2.24) is 9.78 Å². The summed E-state index contributed by atoms with van der Waals surface area (Å²) >= 11 is 0. The van der Waals surface area contributed by atoms with Gasteiger partial charge in [-0.15, -0.1) is 0 Å². The SMILES string of the molecule is Cc1cc([C@H](N)CO)n(C)n1. The van der Waals surface area contributed by atoms with Crippen molar-refractivity contribution < 1.29 is 5.11 Å². The van der Waals surface area contributed by atoms with Gasteiger partial charge in [0.05, 0.1) is 24.0 Å². The molecule has 0 aliphatic rings. The molecule has 1 aromatic rings. The predicted molar refractivity (Wildman–Crippen MR) is 42.0 cm³/mol. The zero-order valence-electron chi connectivity index (χ0n) is 6.78. The molecule has 1 heterocycles. The number of nitrogens with two attached hydrogens (primary N) is 1. The molecule has 11 heavy (non-hydrogen) atoms. The highest BCUT2D eigenvalue weighted by Crippen LogP contribution is 2.09. The molecule has 0 unspecified atom stereocenters. The van der Waals surface area contributed by atoms with E-state index in [2.05, 4.69) is 5.10 Å². The maximum absolute atomic E-state index is 8.76. The number of aliphatic hydroxyl groups is 1. The van der Waals surface area contributed by atoms with Crippen molar-refractivity contribution in [1.29, 1.82) is 0 Å². The van der Waals surface area contributed by atoms with Crippen molar-refractivity contribution >= 4 is 0 Å². The highest BCUT2D eigenvalue weighted by Gasteiger charge is 2.09. The van der Waals surface area contributed by atoms with Gasteiger partial charge < -0.3 is 10.8 Å². The van der Waals surface area contributed by atoms with Crippen LogP contribution in [0.25, 0.3) is 0 Å². The molecule has 0 fully saturated rings. The number of nitrogens with zero attached hydrogens (tertiary/aromatic N) is 2. The number of hydrogen-bond acceptors (Lipinski definition) is 3. The molecule has 0 aromatic carbocycles. The molecule has 1 atom stereocenters. The van der Waals surface area contributed by atoms with E-state index < -0.39 is 0 Å². The lowest BCUT2D eigenvalue weighted by Gasteiger charge is -2.06. The van der Waals surface area contributed by atoms with E-state index in [4.69, 9.17) is 10.8 Å². The summed E-state index contributed by atoms with van der Waals surface area (Å²) < 4.78 is 1.69. The average Bonchev–Trinajstić information content (AvgIpc) is 2.28. The molecule has 1 aromatic heterocycles. The van der Waals surface area contributed by atoms with E-state index in [0.29, 0.717) is 0 Å². The minimum Gasteiger partial charge on any atom is -0.394 e. The summed E-state index contributed by atoms with van der Waals surface area (Å²) in [6.45, 7) is 1.85. The Kier molecular flexibility index (Phi) is 2.26. The van der Waals surface area contributed by atoms with E-state index in [0.717, 1.165) is 11.4 Å². The van der Waals surface area contributed by atoms with Gasteiger partial charge in [0.15, 0.2) is 0 Å². The van der Waals surface area contributed by atoms with Crippen LogP contribution in [0.4, 0.5) is 0 Å². The van der Waals surface area contributed by atoms with Crippen molar-refractivity contribution in [3.05, 3.63) is 17.5 Å². The van der Waals surface area contributed by atoms with Gasteiger partial charge in [-0.2, -0.15) is 5.10 Å². The van der Waals surface area contributed by atoms with Gasteiger partial charge in [0, 0.05) is 7.05 Å². The predicted octanol–water partition coefficient (Wildman–Crippen LogP) is -0.279. The summed E-state index contributed by atoms with van der Waals surface area (Å²) in [4.78, 5) is 0. The minimum absolute atomic E-state index is 0.0427. The molecule has 4 nitrogen and oxygen atoms in total. The fourth-order valence-corrected chi connectivity index (χ4v) is 1.07. The maximum atomic E-state index is 8.76. The fraction of sp³-hybridized carbons (Fsp3) is 0.571. The van der Waals surface area contributed by atoms with Crippen LogP contribution in [-0.2, 0) is 7.05 Å². The first-order valence-corrected chi connectivity index (χ1v) is 3.52. The Hall–Kier alpha value is -0.870. The number of hydrogen-bond donors (Lipinski definition) is 2. The van der Waals surface area contributed by atoms with Crippen LogP contribution in [0, 0.1) is 6.92 Å². The lowest BCUT2D eigenvalue weighted by Crippen LogP contribution is -2.17. The Labute approximate surface area is 65.6 Å². The van der Waals surface area contributed by atoms with Gasteiger partial charge in [0.1, 0.15) is 0 Å². The van der Waals surface area contributed by atoms with Crippen LogP contribution in [0.5, 0.6) is 0 Å². The van der Waals surface area contributed by atoms with Gasteiger partial charge in [0.2, 0.25) is 0 Å². The molecule has 0 aliphatic carbocycles. The first kappa shape index (κ1) is 8.23. The molecule has 0 spiro atoms. The molecule has 4 heteroatoms. The molecule has 0 bridgehead atoms. The van der Waals surface area contributed by atoms with Crippen LogP contribution in [0.1, 0.15) is 17.4 Å². The molecular formula is C7H13N3O. The Bertz CT molecular complexity index is 244. The average molecular weight is 155 g/mol. The van der Waals surface area contributed by atoms with Crippen molar-refractivity contribution in [2.75, 3.05) is 6.61 Å². The number of aliphatic hydroxyl groups excluding tert-OH is 1.